The van der Waals surface area contributed by atoms with Crippen molar-refractivity contribution in [2.24, 2.45) is 5.16 Å². The van der Waals surface area contributed by atoms with E-state index < -0.39 is 18.4 Å². The third kappa shape index (κ3) is 1.61. The van der Waals surface area contributed by atoms with Crippen LogP contribution in [-0.4, -0.2) is 24.1 Å². The first-order chi connectivity index (χ1) is 6.09. The van der Waals surface area contributed by atoms with Crippen LogP contribution in [0.15, 0.2) is 29.1 Å². The SMILES string of the molecule is [CH3][Sn]([CH3])([CH3])[CH]1C=CC=C2NON=C21. The fraction of sp³-hybridized carbons (Fsp3) is 0.444. The summed E-state index contributed by atoms with van der Waals surface area (Å²) in [5.74, 6) is 0. The van der Waals surface area contributed by atoms with Crippen LogP contribution in [0.2, 0.25) is 18.8 Å². The van der Waals surface area contributed by atoms with Gasteiger partial charge in [0.05, 0.1) is 0 Å². The van der Waals surface area contributed by atoms with Crippen molar-refractivity contribution in [1.29, 1.82) is 0 Å². The molecule has 1 unspecified atom stereocenters. The Bertz CT molecular complexity index is 312. The molecule has 0 amide bonds. The third-order valence-electron chi connectivity index (χ3n) is 2.37. The Morgan fingerprint density at radius 2 is 2.23 bits per heavy atom. The molecule has 1 aliphatic heterocycles. The van der Waals surface area contributed by atoms with Crippen LogP contribution in [0.25, 0.3) is 0 Å². The van der Waals surface area contributed by atoms with Gasteiger partial charge in [-0.1, -0.05) is 0 Å². The van der Waals surface area contributed by atoms with Crippen LogP contribution in [0.4, 0.5) is 0 Å². The summed E-state index contributed by atoms with van der Waals surface area (Å²) in [5, 5.41) is 4.04. The number of oxime groups is 1. The molecule has 0 saturated heterocycles. The van der Waals surface area contributed by atoms with Gasteiger partial charge >= 0.3 is 82.3 Å². The number of rotatable bonds is 1. The number of allylic oxidation sites excluding steroid dienone is 4. The van der Waals surface area contributed by atoms with Gasteiger partial charge in [-0.15, -0.1) is 0 Å². The minimum atomic E-state index is -1.94. The molecular weight excluding hydrogens is 271 g/mol. The molecule has 1 N–H and O–H groups in total. The standard InChI is InChI=1S/C6H5N2O.3CH3.Sn/c1-2-4-6-5(3-1)7-9-8-6;;;;/h1-4,7H;3*1H3;. The van der Waals surface area contributed by atoms with Crippen LogP contribution in [0.5, 0.6) is 0 Å². The van der Waals surface area contributed by atoms with Crippen molar-refractivity contribution in [2.45, 2.75) is 18.8 Å². The van der Waals surface area contributed by atoms with Gasteiger partial charge in [0.15, 0.2) is 0 Å². The van der Waals surface area contributed by atoms with E-state index >= 15 is 0 Å². The predicted molar refractivity (Wildman–Crippen MR) is 56.0 cm³/mol. The Labute approximate surface area is 82.4 Å². The van der Waals surface area contributed by atoms with Crippen molar-refractivity contribution >= 4 is 24.1 Å². The minimum absolute atomic E-state index is 0.546. The van der Waals surface area contributed by atoms with Crippen molar-refractivity contribution in [3.63, 3.8) is 0 Å². The number of nitrogens with one attached hydrogen (secondary N) is 1. The van der Waals surface area contributed by atoms with Crippen LogP contribution in [-0.2, 0) is 4.94 Å². The Balaban J connectivity index is 2.33. The summed E-state index contributed by atoms with van der Waals surface area (Å²) in [7, 11) is 0. The molecule has 0 aromatic carbocycles. The van der Waals surface area contributed by atoms with Gasteiger partial charge in [0.25, 0.3) is 0 Å². The van der Waals surface area contributed by atoms with Gasteiger partial charge in [-0.25, -0.2) is 0 Å². The first-order valence-corrected chi connectivity index (χ1v) is 14.7. The molecular formula is C9H14N2OSn. The molecule has 4 heteroatoms. The van der Waals surface area contributed by atoms with E-state index in [1.807, 2.05) is 6.08 Å². The van der Waals surface area contributed by atoms with E-state index in [2.05, 4.69) is 37.6 Å². The van der Waals surface area contributed by atoms with Gasteiger partial charge in [0.2, 0.25) is 0 Å². The fourth-order valence-electron chi connectivity index (χ4n) is 1.62. The van der Waals surface area contributed by atoms with Crippen molar-refractivity contribution in [3.05, 3.63) is 23.9 Å². The van der Waals surface area contributed by atoms with E-state index in [1.54, 1.807) is 0 Å². The van der Waals surface area contributed by atoms with Crippen molar-refractivity contribution < 1.29 is 4.94 Å². The van der Waals surface area contributed by atoms with Gasteiger partial charge in [-0.3, -0.25) is 0 Å². The van der Waals surface area contributed by atoms with Crippen LogP contribution in [0, 0.1) is 0 Å². The predicted octanol–water partition coefficient (Wildman–Crippen LogP) is 2.04. The number of hydrogen-bond donors (Lipinski definition) is 1. The molecule has 1 aliphatic carbocycles. The summed E-state index contributed by atoms with van der Waals surface area (Å²) in [5.41, 5.74) is 4.94. The molecule has 13 heavy (non-hydrogen) atoms. The van der Waals surface area contributed by atoms with E-state index in [0.29, 0.717) is 3.93 Å². The molecule has 0 fully saturated rings. The van der Waals surface area contributed by atoms with Gasteiger partial charge in [-0.2, -0.15) is 0 Å². The van der Waals surface area contributed by atoms with Crippen molar-refractivity contribution in [1.82, 2.24) is 5.48 Å². The van der Waals surface area contributed by atoms with Gasteiger partial charge in [0.1, 0.15) is 0 Å². The van der Waals surface area contributed by atoms with Crippen molar-refractivity contribution in [3.8, 4) is 0 Å². The van der Waals surface area contributed by atoms with E-state index in [9.17, 15) is 0 Å². The average Bonchev–Trinajstić information content (AvgIpc) is 2.48. The molecule has 0 bridgehead atoms. The topological polar surface area (TPSA) is 33.6 Å². The number of hydrogen-bond acceptors (Lipinski definition) is 3. The first kappa shape index (κ1) is 9.12. The molecule has 1 heterocycles. The summed E-state index contributed by atoms with van der Waals surface area (Å²) < 4.78 is 0.546. The molecule has 2 rings (SSSR count). The Morgan fingerprint density at radius 3 is 2.92 bits per heavy atom. The maximum atomic E-state index is 4.88. The van der Waals surface area contributed by atoms with Gasteiger partial charge < -0.3 is 0 Å². The zero-order valence-corrected chi connectivity index (χ0v) is 11.0. The zero-order chi connectivity index (χ0) is 9.47. The van der Waals surface area contributed by atoms with Crippen LogP contribution >= 0.6 is 0 Å². The van der Waals surface area contributed by atoms with Crippen molar-refractivity contribution in [2.75, 3.05) is 0 Å². The summed E-state index contributed by atoms with van der Waals surface area (Å²) in [6.07, 6.45) is 6.37. The molecule has 0 spiro atoms. The van der Waals surface area contributed by atoms with Gasteiger partial charge in [0, 0.05) is 0 Å². The Hall–Kier alpha value is -0.451. The van der Waals surface area contributed by atoms with E-state index in [-0.39, 0.29) is 0 Å². The normalized spacial score (nSPS) is 25.6. The molecule has 3 nitrogen and oxygen atoms in total. The summed E-state index contributed by atoms with van der Waals surface area (Å²) in [6, 6.07) is 0. The maximum absolute atomic E-state index is 4.88. The van der Waals surface area contributed by atoms with Gasteiger partial charge in [-0.05, 0) is 0 Å². The molecule has 1 atom stereocenters. The van der Waals surface area contributed by atoms with E-state index in [4.69, 9.17) is 4.94 Å². The second-order valence-electron chi connectivity index (χ2n) is 4.48. The van der Waals surface area contributed by atoms with E-state index in [0.717, 1.165) is 11.4 Å². The molecule has 0 radical (unpaired) electrons. The number of hydroxylamine groups is 1. The molecule has 0 aromatic rings. The first-order valence-electron chi connectivity index (χ1n) is 4.48. The van der Waals surface area contributed by atoms with Crippen LogP contribution in [0.3, 0.4) is 0 Å². The summed E-state index contributed by atoms with van der Waals surface area (Å²) in [4.78, 5) is 12.1. The van der Waals surface area contributed by atoms with E-state index in [1.165, 1.54) is 0 Å². The fourth-order valence-corrected chi connectivity index (χ4v) is 6.52. The Morgan fingerprint density at radius 1 is 1.46 bits per heavy atom. The molecule has 70 valence electrons. The summed E-state index contributed by atoms with van der Waals surface area (Å²) >= 11 is -1.94. The monoisotopic (exact) mass is 286 g/mol. The molecule has 0 saturated carbocycles. The van der Waals surface area contributed by atoms with Crippen LogP contribution in [0.1, 0.15) is 0 Å². The Kier molecular flexibility index (Phi) is 2.13. The van der Waals surface area contributed by atoms with Crippen LogP contribution < -0.4 is 5.48 Å². The summed E-state index contributed by atoms with van der Waals surface area (Å²) in [6.45, 7) is 0. The molecule has 2 aliphatic rings. The average molecular weight is 285 g/mol. The second-order valence-corrected chi connectivity index (χ2v) is 19.8. The second kappa shape index (κ2) is 3.04. The number of nitrogens with zero attached hydrogens (tertiary/aromatic N) is 1. The molecule has 0 aromatic heterocycles. The number of fused-ring (bicyclic) bond motifs is 1. The third-order valence-corrected chi connectivity index (χ3v) is 9.03. The quantitative estimate of drug-likeness (QED) is 0.748. The zero-order valence-electron chi connectivity index (χ0n) is 8.16.